The first-order valence-electron chi connectivity index (χ1n) is 13.9. The Labute approximate surface area is 243 Å². The van der Waals surface area contributed by atoms with Gasteiger partial charge in [-0.2, -0.15) is 4.98 Å². The zero-order valence-electron chi connectivity index (χ0n) is 23.1. The molecule has 2 fully saturated rings. The van der Waals surface area contributed by atoms with Gasteiger partial charge in [0.15, 0.2) is 0 Å². The molecule has 0 aliphatic carbocycles. The molecule has 11 heteroatoms. The molecular formula is C30H34N8O2S. The minimum Gasteiger partial charge on any atom is -0.437 e. The molecule has 2 N–H and O–H groups in total. The topological polar surface area (TPSA) is 98.7 Å². The molecule has 0 bridgehead atoms. The zero-order valence-corrected chi connectivity index (χ0v) is 23.9. The highest BCUT2D eigenvalue weighted by atomic mass is 32.1. The lowest BCUT2D eigenvalue weighted by Gasteiger charge is -2.42. The van der Waals surface area contributed by atoms with Gasteiger partial charge in [-0.15, -0.1) is 11.3 Å². The number of fused-ring (bicyclic) bond motifs is 1. The van der Waals surface area contributed by atoms with Crippen LogP contribution in [-0.2, 0) is 4.79 Å². The molecule has 212 valence electrons. The highest BCUT2D eigenvalue weighted by molar-refractivity contribution is 7.17. The number of amides is 1. The van der Waals surface area contributed by atoms with Crippen molar-refractivity contribution in [2.24, 2.45) is 0 Å². The number of hydrogen-bond donors (Lipinski definition) is 2. The van der Waals surface area contributed by atoms with Gasteiger partial charge < -0.3 is 25.2 Å². The first-order chi connectivity index (χ1) is 20.0. The summed E-state index contributed by atoms with van der Waals surface area (Å²) in [5, 5.41) is 7.99. The average molecular weight is 571 g/mol. The van der Waals surface area contributed by atoms with Crippen LogP contribution in [0.15, 0.2) is 66.7 Å². The van der Waals surface area contributed by atoms with Crippen LogP contribution >= 0.6 is 11.3 Å². The number of hydrogen-bond acceptors (Lipinski definition) is 10. The minimum atomic E-state index is -0.286. The molecular weight excluding hydrogens is 536 g/mol. The quantitative estimate of drug-likeness (QED) is 0.285. The van der Waals surface area contributed by atoms with E-state index in [1.165, 1.54) is 43.3 Å². The second-order valence-electron chi connectivity index (χ2n) is 10.4. The third kappa shape index (κ3) is 6.48. The van der Waals surface area contributed by atoms with Gasteiger partial charge >= 0.3 is 0 Å². The summed E-state index contributed by atoms with van der Waals surface area (Å²) in [6.45, 7) is 10.0. The summed E-state index contributed by atoms with van der Waals surface area (Å²) in [7, 11) is 2.21. The molecule has 1 aromatic carbocycles. The second-order valence-corrected chi connectivity index (χ2v) is 11.3. The maximum Gasteiger partial charge on any atom is 0.247 e. The van der Waals surface area contributed by atoms with E-state index in [-0.39, 0.29) is 5.91 Å². The Morgan fingerprint density at radius 2 is 1.88 bits per heavy atom. The van der Waals surface area contributed by atoms with Crippen molar-refractivity contribution in [3.05, 3.63) is 66.7 Å². The number of ether oxygens (including phenoxy) is 1. The third-order valence-electron chi connectivity index (χ3n) is 7.62. The Balaban J connectivity index is 1.11. The second kappa shape index (κ2) is 12.2. The maximum absolute atomic E-state index is 11.7. The smallest absolute Gasteiger partial charge is 0.247 e. The number of rotatable bonds is 8. The number of pyridine rings is 1. The lowest BCUT2D eigenvalue weighted by molar-refractivity contribution is -0.111. The zero-order chi connectivity index (χ0) is 28.2. The Morgan fingerprint density at radius 3 is 2.63 bits per heavy atom. The van der Waals surface area contributed by atoms with Crippen LogP contribution in [0.25, 0.3) is 10.2 Å². The number of piperazine rings is 1. The van der Waals surface area contributed by atoms with Crippen molar-refractivity contribution >= 4 is 50.6 Å². The fraction of sp³-hybridized carbons (Fsp3) is 0.333. The summed E-state index contributed by atoms with van der Waals surface area (Å²) in [4.78, 5) is 33.2. The van der Waals surface area contributed by atoms with Crippen LogP contribution in [0.1, 0.15) is 12.8 Å². The van der Waals surface area contributed by atoms with Crippen molar-refractivity contribution in [1.29, 1.82) is 0 Å². The Bertz CT molecular complexity index is 1510. The van der Waals surface area contributed by atoms with E-state index in [1.807, 2.05) is 35.8 Å². The largest absolute Gasteiger partial charge is 0.437 e. The molecule has 5 heterocycles. The third-order valence-corrected chi connectivity index (χ3v) is 8.51. The number of carbonyl (C=O) groups is 1. The molecule has 0 radical (unpaired) electrons. The van der Waals surface area contributed by atoms with Gasteiger partial charge in [0.2, 0.25) is 17.7 Å². The summed E-state index contributed by atoms with van der Waals surface area (Å²) < 4.78 is 6.99. The molecule has 4 aromatic rings. The lowest BCUT2D eigenvalue weighted by atomic mass is 10.0. The molecule has 0 spiro atoms. The van der Waals surface area contributed by atoms with Gasteiger partial charge in [-0.3, -0.25) is 9.69 Å². The molecule has 0 saturated carbocycles. The molecule has 10 nitrogen and oxygen atoms in total. The van der Waals surface area contributed by atoms with E-state index < -0.39 is 0 Å². The van der Waals surface area contributed by atoms with E-state index in [4.69, 9.17) is 9.72 Å². The fourth-order valence-corrected chi connectivity index (χ4v) is 6.11. The minimum absolute atomic E-state index is 0.286. The van der Waals surface area contributed by atoms with Crippen molar-refractivity contribution < 1.29 is 9.53 Å². The van der Waals surface area contributed by atoms with Gasteiger partial charge in [-0.25, -0.2) is 9.97 Å². The molecule has 6 rings (SSSR count). The fourth-order valence-electron chi connectivity index (χ4n) is 5.36. The van der Waals surface area contributed by atoms with Crippen LogP contribution in [0, 0.1) is 0 Å². The molecule has 2 aliphatic rings. The predicted molar refractivity (Wildman–Crippen MR) is 165 cm³/mol. The maximum atomic E-state index is 11.7. The Hall–Kier alpha value is -4.06. The number of nitrogens with zero attached hydrogens (tertiary/aromatic N) is 6. The molecule has 41 heavy (non-hydrogen) atoms. The van der Waals surface area contributed by atoms with Crippen LogP contribution in [-0.4, -0.2) is 83.0 Å². The summed E-state index contributed by atoms with van der Waals surface area (Å²) in [6.07, 6.45) is 5.58. The van der Waals surface area contributed by atoms with E-state index in [9.17, 15) is 4.79 Å². The molecule has 2 aliphatic heterocycles. The first-order valence-corrected chi connectivity index (χ1v) is 14.8. The summed E-state index contributed by atoms with van der Waals surface area (Å²) in [5.74, 6) is 2.11. The molecule has 2 saturated heterocycles. The van der Waals surface area contributed by atoms with Crippen molar-refractivity contribution in [3.63, 3.8) is 0 Å². The number of aromatic nitrogens is 3. The van der Waals surface area contributed by atoms with Gasteiger partial charge in [0.1, 0.15) is 16.3 Å². The van der Waals surface area contributed by atoms with Gasteiger partial charge in [0.05, 0.1) is 17.4 Å². The summed E-state index contributed by atoms with van der Waals surface area (Å²) >= 11 is 1.51. The van der Waals surface area contributed by atoms with Crippen LogP contribution in [0.4, 0.5) is 23.1 Å². The number of piperidine rings is 1. The van der Waals surface area contributed by atoms with E-state index in [1.54, 1.807) is 12.1 Å². The van der Waals surface area contributed by atoms with E-state index in [0.29, 0.717) is 29.3 Å². The predicted octanol–water partition coefficient (Wildman–Crippen LogP) is 4.96. The van der Waals surface area contributed by atoms with Gasteiger partial charge in [0.25, 0.3) is 0 Å². The highest BCUT2D eigenvalue weighted by Crippen LogP contribution is 2.34. The molecule has 0 unspecified atom stereocenters. The number of likely N-dealkylation sites (tertiary alicyclic amines) is 1. The van der Waals surface area contributed by atoms with Crippen molar-refractivity contribution in [1.82, 2.24) is 24.8 Å². The Kier molecular flexibility index (Phi) is 8.08. The van der Waals surface area contributed by atoms with Crippen LogP contribution in [0.5, 0.6) is 11.6 Å². The Morgan fingerprint density at radius 1 is 1.05 bits per heavy atom. The molecule has 0 atom stereocenters. The number of anilines is 4. The van der Waals surface area contributed by atoms with Crippen LogP contribution in [0.2, 0.25) is 0 Å². The summed E-state index contributed by atoms with van der Waals surface area (Å²) in [6, 6.07) is 13.9. The van der Waals surface area contributed by atoms with Crippen molar-refractivity contribution in [2.75, 3.05) is 61.8 Å². The van der Waals surface area contributed by atoms with Gasteiger partial charge in [-0.05, 0) is 74.8 Å². The first kappa shape index (κ1) is 27.1. The van der Waals surface area contributed by atoms with E-state index >= 15 is 0 Å². The number of carbonyl (C=O) groups excluding carboxylic acids is 1. The number of nitrogens with one attached hydrogen (secondary N) is 2. The van der Waals surface area contributed by atoms with Crippen LogP contribution < -0.4 is 20.3 Å². The number of thiophene rings is 1. The van der Waals surface area contributed by atoms with Gasteiger partial charge in [0, 0.05) is 44.0 Å². The van der Waals surface area contributed by atoms with Gasteiger partial charge in [-0.1, -0.05) is 12.6 Å². The average Bonchev–Trinajstić information content (AvgIpc) is 3.47. The number of benzene rings is 1. The normalized spacial score (nSPS) is 17.0. The molecule has 1 amide bonds. The van der Waals surface area contributed by atoms with Crippen molar-refractivity contribution in [3.8, 4) is 11.6 Å². The van der Waals surface area contributed by atoms with Crippen LogP contribution in [0.3, 0.4) is 0 Å². The van der Waals surface area contributed by atoms with Crippen molar-refractivity contribution in [2.45, 2.75) is 18.9 Å². The van der Waals surface area contributed by atoms with E-state index in [2.05, 4.69) is 55.0 Å². The lowest BCUT2D eigenvalue weighted by Crippen LogP contribution is -2.53. The standard InChI is InChI=1S/C30H34N8O2S/c1-3-27(39)32-21-5-4-6-24(19-21)40-29-28-25(11-18-41-28)34-30(35-29)33-22-7-8-26(31-20-22)38-16-14-37(15-17-38)23-9-12-36(2)13-10-23/h3-8,11,18-20,23H,1,9-10,12-17H2,2H3,(H,32,39)(H,33,34,35). The monoisotopic (exact) mass is 570 g/mol. The molecule has 3 aromatic heterocycles. The summed E-state index contributed by atoms with van der Waals surface area (Å²) in [5.41, 5.74) is 2.19. The SMILES string of the molecule is C=CC(=O)Nc1cccc(Oc2nc(Nc3ccc(N4CCN(C5CCN(C)CC5)CC4)nc3)nc3ccsc23)c1. The van der Waals surface area contributed by atoms with E-state index in [0.717, 1.165) is 47.9 Å². The highest BCUT2D eigenvalue weighted by Gasteiger charge is 2.26.